The van der Waals surface area contributed by atoms with Gasteiger partial charge in [-0.1, -0.05) is 25.4 Å². The molecule has 0 aliphatic carbocycles. The van der Waals surface area contributed by atoms with Gasteiger partial charge in [-0.15, -0.1) is 0 Å². The fraction of sp³-hybridized carbons (Fsp3) is 0.538. The van der Waals surface area contributed by atoms with Crippen LogP contribution in [0.2, 0.25) is 5.02 Å². The van der Waals surface area contributed by atoms with E-state index < -0.39 is 10.3 Å². The number of hydrogen-bond donors (Lipinski definition) is 0. The van der Waals surface area contributed by atoms with Crippen molar-refractivity contribution in [1.29, 1.82) is 0 Å². The Kier molecular flexibility index (Phi) is 4.90. The first-order valence-electron chi connectivity index (χ1n) is 6.44. The summed E-state index contributed by atoms with van der Waals surface area (Å²) in [6.45, 7) is 5.40. The predicted octanol–water partition coefficient (Wildman–Crippen LogP) is 2.45. The van der Waals surface area contributed by atoms with E-state index in [1.165, 1.54) is 4.31 Å². The summed E-state index contributed by atoms with van der Waals surface area (Å²) >= 11 is 5.98. The van der Waals surface area contributed by atoms with E-state index in [0.29, 0.717) is 29.8 Å². The standard InChI is InChI=1S/C13H18ClNO4S/c1-10(2)9-18-13-4-3-12(14)7-11(13)8-15-5-6-19-20(15,16)17/h3-4,7,10H,5-6,8-9H2,1-2H3. The molecule has 0 saturated carbocycles. The van der Waals surface area contributed by atoms with Gasteiger partial charge in [0, 0.05) is 23.7 Å². The predicted molar refractivity (Wildman–Crippen MR) is 77.1 cm³/mol. The lowest BCUT2D eigenvalue weighted by molar-refractivity contribution is 0.266. The van der Waals surface area contributed by atoms with Gasteiger partial charge in [-0.05, 0) is 24.1 Å². The summed E-state index contributed by atoms with van der Waals surface area (Å²) in [5.74, 6) is 1.04. The van der Waals surface area contributed by atoms with Crippen molar-refractivity contribution < 1.29 is 17.3 Å². The van der Waals surface area contributed by atoms with Crippen LogP contribution in [0.5, 0.6) is 5.75 Å². The Bertz CT molecular complexity index is 574. The van der Waals surface area contributed by atoms with Gasteiger partial charge in [0.05, 0.1) is 13.2 Å². The zero-order valence-electron chi connectivity index (χ0n) is 11.5. The summed E-state index contributed by atoms with van der Waals surface area (Å²) < 4.78 is 35.0. The molecule has 1 aliphatic rings. The van der Waals surface area contributed by atoms with Crippen molar-refractivity contribution in [2.45, 2.75) is 20.4 Å². The molecule has 1 aromatic rings. The van der Waals surface area contributed by atoms with E-state index in [1.54, 1.807) is 18.2 Å². The Hall–Kier alpha value is -0.820. The lowest BCUT2D eigenvalue weighted by Gasteiger charge is -2.17. The van der Waals surface area contributed by atoms with Crippen molar-refractivity contribution in [3.8, 4) is 5.75 Å². The topological polar surface area (TPSA) is 55.8 Å². The summed E-state index contributed by atoms with van der Waals surface area (Å²) in [7, 11) is -3.61. The third kappa shape index (κ3) is 3.85. The van der Waals surface area contributed by atoms with E-state index >= 15 is 0 Å². The van der Waals surface area contributed by atoms with Crippen LogP contribution in [-0.2, 0) is 21.0 Å². The van der Waals surface area contributed by atoms with Crippen molar-refractivity contribution in [3.63, 3.8) is 0 Å². The maximum atomic E-state index is 11.7. The molecule has 0 unspecified atom stereocenters. The zero-order chi connectivity index (χ0) is 14.8. The van der Waals surface area contributed by atoms with Crippen LogP contribution in [0.3, 0.4) is 0 Å². The molecule has 1 fully saturated rings. The van der Waals surface area contributed by atoms with Crippen LogP contribution < -0.4 is 4.74 Å². The highest BCUT2D eigenvalue weighted by Gasteiger charge is 2.30. The van der Waals surface area contributed by atoms with Gasteiger partial charge in [0.15, 0.2) is 0 Å². The van der Waals surface area contributed by atoms with E-state index in [1.807, 2.05) is 13.8 Å². The molecule has 0 bridgehead atoms. The molecule has 0 N–H and O–H groups in total. The third-order valence-corrected chi connectivity index (χ3v) is 4.47. The molecule has 1 aromatic carbocycles. The molecule has 1 aliphatic heterocycles. The van der Waals surface area contributed by atoms with Crippen molar-refractivity contribution in [2.24, 2.45) is 5.92 Å². The second kappa shape index (κ2) is 6.30. The largest absolute Gasteiger partial charge is 0.493 e. The van der Waals surface area contributed by atoms with Crippen LogP contribution in [0.1, 0.15) is 19.4 Å². The normalized spacial score (nSPS) is 18.6. The number of halogens is 1. The highest BCUT2D eigenvalue weighted by atomic mass is 35.5. The molecule has 7 heteroatoms. The van der Waals surface area contributed by atoms with Crippen molar-refractivity contribution >= 4 is 21.9 Å². The van der Waals surface area contributed by atoms with Crippen LogP contribution in [-0.4, -0.2) is 32.5 Å². The monoisotopic (exact) mass is 319 g/mol. The van der Waals surface area contributed by atoms with E-state index in [2.05, 4.69) is 0 Å². The number of ether oxygens (including phenoxy) is 1. The van der Waals surface area contributed by atoms with Gasteiger partial charge in [0.25, 0.3) is 0 Å². The molecule has 1 saturated heterocycles. The zero-order valence-corrected chi connectivity index (χ0v) is 13.1. The summed E-state index contributed by atoms with van der Waals surface area (Å²) in [4.78, 5) is 0. The van der Waals surface area contributed by atoms with Crippen molar-refractivity contribution in [2.75, 3.05) is 19.8 Å². The highest BCUT2D eigenvalue weighted by Crippen LogP contribution is 2.27. The summed E-state index contributed by atoms with van der Waals surface area (Å²) in [5, 5.41) is 0.550. The van der Waals surface area contributed by atoms with Crippen LogP contribution >= 0.6 is 11.6 Å². The Morgan fingerprint density at radius 2 is 2.20 bits per heavy atom. The minimum Gasteiger partial charge on any atom is -0.493 e. The van der Waals surface area contributed by atoms with Gasteiger partial charge in [0.2, 0.25) is 0 Å². The molecular weight excluding hydrogens is 302 g/mol. The summed E-state index contributed by atoms with van der Waals surface area (Å²) in [6, 6.07) is 5.23. The van der Waals surface area contributed by atoms with E-state index in [0.717, 1.165) is 5.56 Å². The fourth-order valence-electron chi connectivity index (χ4n) is 1.85. The molecule has 0 spiro atoms. The van der Waals surface area contributed by atoms with Gasteiger partial charge in [-0.25, -0.2) is 0 Å². The Morgan fingerprint density at radius 1 is 1.45 bits per heavy atom. The first-order chi connectivity index (χ1) is 9.38. The molecule has 0 radical (unpaired) electrons. The highest BCUT2D eigenvalue weighted by molar-refractivity contribution is 7.84. The van der Waals surface area contributed by atoms with E-state index in [9.17, 15) is 8.42 Å². The van der Waals surface area contributed by atoms with Crippen LogP contribution in [0.25, 0.3) is 0 Å². The Balaban J connectivity index is 2.19. The molecular formula is C13H18ClNO4S. The van der Waals surface area contributed by atoms with Gasteiger partial charge >= 0.3 is 10.3 Å². The maximum Gasteiger partial charge on any atom is 0.338 e. The molecule has 112 valence electrons. The van der Waals surface area contributed by atoms with Crippen molar-refractivity contribution in [3.05, 3.63) is 28.8 Å². The molecule has 1 heterocycles. The molecule has 0 amide bonds. The second-order valence-corrected chi connectivity index (χ2v) is 7.11. The summed E-state index contributed by atoms with van der Waals surface area (Å²) in [5.41, 5.74) is 0.743. The molecule has 20 heavy (non-hydrogen) atoms. The second-order valence-electron chi connectivity index (χ2n) is 5.07. The summed E-state index contributed by atoms with van der Waals surface area (Å²) in [6.07, 6.45) is 0. The first kappa shape index (κ1) is 15.6. The molecule has 2 rings (SSSR count). The molecule has 5 nitrogen and oxygen atoms in total. The number of nitrogens with zero attached hydrogens (tertiary/aromatic N) is 1. The number of rotatable bonds is 5. The Morgan fingerprint density at radius 3 is 2.80 bits per heavy atom. The average Bonchev–Trinajstić information content (AvgIpc) is 2.67. The third-order valence-electron chi connectivity index (χ3n) is 2.83. The maximum absolute atomic E-state index is 11.7. The number of hydrogen-bond acceptors (Lipinski definition) is 4. The van der Waals surface area contributed by atoms with Gasteiger partial charge in [-0.2, -0.15) is 12.7 Å². The van der Waals surface area contributed by atoms with Gasteiger partial charge < -0.3 is 4.74 Å². The van der Waals surface area contributed by atoms with Crippen LogP contribution in [0.15, 0.2) is 18.2 Å². The van der Waals surface area contributed by atoms with Gasteiger partial charge in [-0.3, -0.25) is 4.18 Å². The van der Waals surface area contributed by atoms with Gasteiger partial charge in [0.1, 0.15) is 5.75 Å². The number of benzene rings is 1. The average molecular weight is 320 g/mol. The smallest absolute Gasteiger partial charge is 0.338 e. The fourth-order valence-corrected chi connectivity index (χ4v) is 3.07. The lowest BCUT2D eigenvalue weighted by atomic mass is 10.2. The van der Waals surface area contributed by atoms with Crippen LogP contribution in [0.4, 0.5) is 0 Å². The van der Waals surface area contributed by atoms with E-state index in [4.69, 9.17) is 20.5 Å². The minimum absolute atomic E-state index is 0.186. The molecule has 0 aromatic heterocycles. The van der Waals surface area contributed by atoms with Crippen LogP contribution in [0, 0.1) is 5.92 Å². The quantitative estimate of drug-likeness (QED) is 0.836. The molecule has 0 atom stereocenters. The minimum atomic E-state index is -3.61. The first-order valence-corrected chi connectivity index (χ1v) is 8.18. The SMILES string of the molecule is CC(C)COc1ccc(Cl)cc1CN1CCOS1(=O)=O. The van der Waals surface area contributed by atoms with Crippen molar-refractivity contribution in [1.82, 2.24) is 4.31 Å². The van der Waals surface area contributed by atoms with E-state index in [-0.39, 0.29) is 13.2 Å². The Labute approximate surface area is 124 Å². The lowest BCUT2D eigenvalue weighted by Crippen LogP contribution is -2.25.